The van der Waals surface area contributed by atoms with Crippen LogP contribution in [0.2, 0.25) is 0 Å². The fourth-order valence-electron chi connectivity index (χ4n) is 2.34. The third-order valence-corrected chi connectivity index (χ3v) is 3.92. The number of carbonyl (C=O) groups excluding carboxylic acids is 3. The number of benzene rings is 1. The first-order valence-electron chi connectivity index (χ1n) is 8.82. The third kappa shape index (κ3) is 6.78. The van der Waals surface area contributed by atoms with E-state index in [1.54, 1.807) is 41.5 Å². The lowest BCUT2D eigenvalue weighted by Gasteiger charge is -2.33. The molecule has 1 N–H and O–H groups in total. The summed E-state index contributed by atoms with van der Waals surface area (Å²) in [5.74, 6) is -2.86. The Morgan fingerprint density at radius 1 is 1.25 bits per heavy atom. The SMILES string of the molecule is CCOC(=O)C(C(C)C)N(NC(=O)OC(C)(C)C)C(=O)c1ccc(Br)cc1F. The highest BCUT2D eigenvalue weighted by atomic mass is 79.9. The van der Waals surface area contributed by atoms with Crippen molar-refractivity contribution in [2.24, 2.45) is 5.92 Å². The van der Waals surface area contributed by atoms with Gasteiger partial charge in [0.15, 0.2) is 6.04 Å². The first kappa shape index (κ1) is 23.9. The molecule has 1 aromatic rings. The molecule has 9 heteroatoms. The predicted octanol–water partition coefficient (Wildman–Crippen LogP) is 4.06. The van der Waals surface area contributed by atoms with E-state index in [0.29, 0.717) is 4.47 Å². The summed E-state index contributed by atoms with van der Waals surface area (Å²) in [4.78, 5) is 37.8. The molecule has 0 saturated heterocycles. The van der Waals surface area contributed by atoms with E-state index in [1.165, 1.54) is 12.1 Å². The molecule has 0 aromatic heterocycles. The number of ether oxygens (including phenoxy) is 2. The van der Waals surface area contributed by atoms with Gasteiger partial charge in [0.25, 0.3) is 5.91 Å². The molecular formula is C19H26BrFN2O5. The molecule has 156 valence electrons. The average molecular weight is 461 g/mol. The molecule has 0 fully saturated rings. The van der Waals surface area contributed by atoms with E-state index in [4.69, 9.17) is 9.47 Å². The highest BCUT2D eigenvalue weighted by molar-refractivity contribution is 9.10. The number of nitrogens with zero attached hydrogens (tertiary/aromatic N) is 1. The van der Waals surface area contributed by atoms with Gasteiger partial charge in [-0.2, -0.15) is 0 Å². The number of hydrazine groups is 1. The average Bonchev–Trinajstić information content (AvgIpc) is 2.51. The molecule has 0 spiro atoms. The van der Waals surface area contributed by atoms with E-state index in [9.17, 15) is 18.8 Å². The first-order valence-corrected chi connectivity index (χ1v) is 9.61. The van der Waals surface area contributed by atoms with Crippen LogP contribution in [0.4, 0.5) is 9.18 Å². The van der Waals surface area contributed by atoms with Crippen LogP contribution in [0.3, 0.4) is 0 Å². The van der Waals surface area contributed by atoms with E-state index >= 15 is 0 Å². The van der Waals surface area contributed by atoms with Gasteiger partial charge in [-0.05, 0) is 51.8 Å². The van der Waals surface area contributed by atoms with Crippen molar-refractivity contribution in [3.63, 3.8) is 0 Å². The summed E-state index contributed by atoms with van der Waals surface area (Å²) in [6, 6.07) is 2.68. The van der Waals surface area contributed by atoms with Crippen LogP contribution < -0.4 is 5.43 Å². The van der Waals surface area contributed by atoms with Gasteiger partial charge in [-0.1, -0.05) is 29.8 Å². The van der Waals surface area contributed by atoms with Crippen molar-refractivity contribution < 1.29 is 28.2 Å². The summed E-state index contributed by atoms with van der Waals surface area (Å²) >= 11 is 3.12. The number of hydrogen-bond donors (Lipinski definition) is 1. The Hall–Kier alpha value is -2.16. The third-order valence-electron chi connectivity index (χ3n) is 3.43. The van der Waals surface area contributed by atoms with Gasteiger partial charge in [0, 0.05) is 4.47 Å². The highest BCUT2D eigenvalue weighted by Crippen LogP contribution is 2.20. The molecule has 1 rings (SSSR count). The molecular weight excluding hydrogens is 435 g/mol. The molecule has 0 aliphatic heterocycles. The van der Waals surface area contributed by atoms with Crippen molar-refractivity contribution in [3.05, 3.63) is 34.1 Å². The number of carbonyl (C=O) groups is 3. The number of amides is 2. The normalized spacial score (nSPS) is 12.3. The van der Waals surface area contributed by atoms with E-state index in [1.807, 2.05) is 0 Å². The number of halogens is 2. The lowest BCUT2D eigenvalue weighted by Crippen LogP contribution is -2.58. The Kier molecular flexibility index (Phi) is 8.41. The zero-order valence-electron chi connectivity index (χ0n) is 16.8. The van der Waals surface area contributed by atoms with Gasteiger partial charge in [-0.25, -0.2) is 24.4 Å². The molecule has 0 heterocycles. The van der Waals surface area contributed by atoms with Gasteiger partial charge in [0.1, 0.15) is 11.4 Å². The van der Waals surface area contributed by atoms with Crippen LogP contribution in [0, 0.1) is 11.7 Å². The molecule has 1 atom stereocenters. The van der Waals surface area contributed by atoms with Crippen LogP contribution in [0.1, 0.15) is 51.9 Å². The fourth-order valence-corrected chi connectivity index (χ4v) is 2.68. The molecule has 1 aromatic carbocycles. The van der Waals surface area contributed by atoms with Gasteiger partial charge in [-0.3, -0.25) is 4.79 Å². The molecule has 7 nitrogen and oxygen atoms in total. The highest BCUT2D eigenvalue weighted by Gasteiger charge is 2.37. The number of nitrogens with one attached hydrogen (secondary N) is 1. The second kappa shape index (κ2) is 9.86. The molecule has 28 heavy (non-hydrogen) atoms. The Morgan fingerprint density at radius 2 is 1.86 bits per heavy atom. The lowest BCUT2D eigenvalue weighted by molar-refractivity contribution is -0.151. The summed E-state index contributed by atoms with van der Waals surface area (Å²) in [7, 11) is 0. The second-order valence-corrected chi connectivity index (χ2v) is 8.27. The lowest BCUT2D eigenvalue weighted by atomic mass is 10.0. The van der Waals surface area contributed by atoms with Crippen LogP contribution in [0.15, 0.2) is 22.7 Å². The molecule has 0 radical (unpaired) electrons. The fraction of sp³-hybridized carbons (Fsp3) is 0.526. The molecule has 2 amide bonds. The van der Waals surface area contributed by atoms with E-state index in [2.05, 4.69) is 21.4 Å². The Labute approximate surface area is 172 Å². The van der Waals surface area contributed by atoms with Crippen LogP contribution in [0.5, 0.6) is 0 Å². The van der Waals surface area contributed by atoms with Gasteiger partial charge >= 0.3 is 12.1 Å². The molecule has 0 aliphatic rings. The minimum atomic E-state index is -1.18. The smallest absolute Gasteiger partial charge is 0.426 e. The number of hydrogen-bond acceptors (Lipinski definition) is 5. The maximum Gasteiger partial charge on any atom is 0.426 e. The van der Waals surface area contributed by atoms with Crippen molar-refractivity contribution in [2.75, 3.05) is 6.61 Å². The van der Waals surface area contributed by atoms with Crippen LogP contribution in [-0.4, -0.2) is 41.2 Å². The monoisotopic (exact) mass is 460 g/mol. The molecule has 0 aliphatic carbocycles. The summed E-state index contributed by atoms with van der Waals surface area (Å²) in [6.45, 7) is 10.0. The zero-order valence-corrected chi connectivity index (χ0v) is 18.4. The van der Waals surface area contributed by atoms with Crippen molar-refractivity contribution >= 4 is 33.9 Å². The number of esters is 1. The maximum atomic E-state index is 14.3. The molecule has 1 unspecified atom stereocenters. The Balaban J connectivity index is 3.34. The Morgan fingerprint density at radius 3 is 2.32 bits per heavy atom. The van der Waals surface area contributed by atoms with Gasteiger partial charge < -0.3 is 9.47 Å². The Bertz CT molecular complexity index is 734. The van der Waals surface area contributed by atoms with Crippen molar-refractivity contribution in [3.8, 4) is 0 Å². The number of rotatable bonds is 5. The summed E-state index contributed by atoms with van der Waals surface area (Å²) in [5.41, 5.74) is 1.13. The standard InChI is InChI=1S/C19H26BrFN2O5/c1-7-27-17(25)15(11(2)3)23(22-18(26)28-19(4,5)6)16(24)13-9-8-12(20)10-14(13)21/h8-11,15H,7H2,1-6H3,(H,22,26). The van der Waals surface area contributed by atoms with Crippen molar-refractivity contribution in [2.45, 2.75) is 53.2 Å². The molecule has 0 saturated carbocycles. The maximum absolute atomic E-state index is 14.3. The minimum absolute atomic E-state index is 0.0865. The predicted molar refractivity (Wildman–Crippen MR) is 105 cm³/mol. The van der Waals surface area contributed by atoms with Crippen molar-refractivity contribution in [1.29, 1.82) is 0 Å². The largest absolute Gasteiger partial charge is 0.464 e. The summed E-state index contributed by atoms with van der Waals surface area (Å²) < 4.78 is 25.0. The van der Waals surface area contributed by atoms with Gasteiger partial charge in [0.05, 0.1) is 12.2 Å². The zero-order chi connectivity index (χ0) is 21.6. The summed E-state index contributed by atoms with van der Waals surface area (Å²) in [5, 5.41) is 0.767. The van der Waals surface area contributed by atoms with E-state index in [-0.39, 0.29) is 12.2 Å². The van der Waals surface area contributed by atoms with Crippen molar-refractivity contribution in [1.82, 2.24) is 10.4 Å². The van der Waals surface area contributed by atoms with Gasteiger partial charge in [-0.15, -0.1) is 0 Å². The van der Waals surface area contributed by atoms with Crippen LogP contribution in [0.25, 0.3) is 0 Å². The second-order valence-electron chi connectivity index (χ2n) is 7.35. The first-order chi connectivity index (χ1) is 12.9. The van der Waals surface area contributed by atoms with E-state index in [0.717, 1.165) is 11.1 Å². The van der Waals surface area contributed by atoms with Gasteiger partial charge in [0.2, 0.25) is 0 Å². The minimum Gasteiger partial charge on any atom is -0.464 e. The quantitative estimate of drug-likeness (QED) is 0.528. The molecule has 0 bridgehead atoms. The van der Waals surface area contributed by atoms with Crippen LogP contribution >= 0.6 is 15.9 Å². The van der Waals surface area contributed by atoms with E-state index < -0.39 is 41.3 Å². The van der Waals surface area contributed by atoms with Crippen LogP contribution in [-0.2, 0) is 14.3 Å². The topological polar surface area (TPSA) is 84.9 Å². The summed E-state index contributed by atoms with van der Waals surface area (Å²) in [6.07, 6.45) is -0.951.